The van der Waals surface area contributed by atoms with Crippen molar-refractivity contribution in [3.63, 3.8) is 0 Å². The van der Waals surface area contributed by atoms with Gasteiger partial charge in [0.25, 0.3) is 0 Å². The first kappa shape index (κ1) is 9.45. The number of rotatable bonds is 0. The third kappa shape index (κ3) is 1.50. The number of aliphatic hydroxyl groups is 1. The van der Waals surface area contributed by atoms with Gasteiger partial charge >= 0.3 is 0 Å². The molecule has 13 heavy (non-hydrogen) atoms. The van der Waals surface area contributed by atoms with E-state index in [9.17, 15) is 13.5 Å². The van der Waals surface area contributed by atoms with Crippen LogP contribution in [0.2, 0.25) is 4.34 Å². The maximum Gasteiger partial charge on any atom is 0.188 e. The Morgan fingerprint density at radius 1 is 1.62 bits per heavy atom. The molecule has 2 heterocycles. The summed E-state index contributed by atoms with van der Waals surface area (Å²) in [5.74, 6) is 0.0119. The fourth-order valence-electron chi connectivity index (χ4n) is 1.35. The largest absolute Gasteiger partial charge is 0.388 e. The van der Waals surface area contributed by atoms with Crippen molar-refractivity contribution in [2.24, 2.45) is 0 Å². The molecule has 72 valence electrons. The van der Waals surface area contributed by atoms with E-state index in [-0.39, 0.29) is 16.4 Å². The van der Waals surface area contributed by atoms with Crippen LogP contribution in [0, 0.1) is 0 Å². The second-order valence-electron chi connectivity index (χ2n) is 2.92. The lowest BCUT2D eigenvalue weighted by Crippen LogP contribution is -2.17. The first-order valence-electron chi connectivity index (χ1n) is 3.71. The van der Waals surface area contributed by atoms with Crippen molar-refractivity contribution >= 4 is 32.8 Å². The van der Waals surface area contributed by atoms with Gasteiger partial charge in [-0.05, 0) is 12.5 Å². The highest BCUT2D eigenvalue weighted by Gasteiger charge is 2.31. The lowest BCUT2D eigenvalue weighted by Gasteiger charge is -2.16. The Morgan fingerprint density at radius 2 is 2.31 bits per heavy atom. The highest BCUT2D eigenvalue weighted by Crippen LogP contribution is 2.39. The number of halogens is 1. The molecule has 3 nitrogen and oxygen atoms in total. The minimum atomic E-state index is -3.18. The molecule has 6 heteroatoms. The lowest BCUT2D eigenvalue weighted by atomic mass is 10.1. The van der Waals surface area contributed by atoms with Gasteiger partial charge in [-0.1, -0.05) is 11.6 Å². The zero-order valence-electron chi connectivity index (χ0n) is 6.53. The summed E-state index contributed by atoms with van der Waals surface area (Å²) in [5.41, 5.74) is 0.459. The van der Waals surface area contributed by atoms with Crippen molar-refractivity contribution in [1.82, 2.24) is 0 Å². The molecule has 0 bridgehead atoms. The summed E-state index contributed by atoms with van der Waals surface area (Å²) in [6.45, 7) is 0. The molecular weight excluding hydrogens is 232 g/mol. The van der Waals surface area contributed by atoms with Crippen LogP contribution >= 0.6 is 22.9 Å². The van der Waals surface area contributed by atoms with Crippen LogP contribution in [0.25, 0.3) is 0 Å². The summed E-state index contributed by atoms with van der Waals surface area (Å²) in [6, 6.07) is 1.53. The van der Waals surface area contributed by atoms with Gasteiger partial charge in [0.2, 0.25) is 0 Å². The Bertz CT molecular complexity index is 435. The maximum absolute atomic E-state index is 11.5. The van der Waals surface area contributed by atoms with Gasteiger partial charge in [0, 0.05) is 5.56 Å². The standard InChI is InChI=1S/C7H7ClO3S2/c8-6-3-4-5(9)1-2-13(10,11)7(4)12-6/h3,5,9H,1-2H2. The SMILES string of the molecule is O=S1(=O)CCC(O)c2cc(Cl)sc21. The summed E-state index contributed by atoms with van der Waals surface area (Å²) >= 11 is 6.70. The van der Waals surface area contributed by atoms with E-state index in [1.54, 1.807) is 0 Å². The molecule has 1 aromatic rings. The Labute approximate surface area is 84.9 Å². The van der Waals surface area contributed by atoms with E-state index in [2.05, 4.69) is 0 Å². The van der Waals surface area contributed by atoms with E-state index < -0.39 is 15.9 Å². The van der Waals surface area contributed by atoms with E-state index in [4.69, 9.17) is 11.6 Å². The minimum Gasteiger partial charge on any atom is -0.388 e. The van der Waals surface area contributed by atoms with Gasteiger partial charge in [0.15, 0.2) is 9.84 Å². The molecule has 0 saturated carbocycles. The molecule has 1 unspecified atom stereocenters. The highest BCUT2D eigenvalue weighted by molar-refractivity contribution is 7.93. The van der Waals surface area contributed by atoms with E-state index >= 15 is 0 Å². The van der Waals surface area contributed by atoms with Crippen molar-refractivity contribution in [2.75, 3.05) is 5.75 Å². The van der Waals surface area contributed by atoms with Crippen molar-refractivity contribution in [1.29, 1.82) is 0 Å². The summed E-state index contributed by atoms with van der Waals surface area (Å²) < 4.78 is 23.6. The zero-order chi connectivity index (χ0) is 9.64. The Morgan fingerprint density at radius 3 is 2.92 bits per heavy atom. The van der Waals surface area contributed by atoms with Crippen LogP contribution in [0.3, 0.4) is 0 Å². The van der Waals surface area contributed by atoms with E-state index in [0.29, 0.717) is 9.90 Å². The molecule has 0 spiro atoms. The van der Waals surface area contributed by atoms with Crippen molar-refractivity contribution in [2.45, 2.75) is 16.7 Å². The van der Waals surface area contributed by atoms with Crippen molar-refractivity contribution < 1.29 is 13.5 Å². The second-order valence-corrected chi connectivity index (χ2v) is 6.90. The Balaban J connectivity index is 2.68. The first-order chi connectivity index (χ1) is 6.00. The summed E-state index contributed by atoms with van der Waals surface area (Å²) in [6.07, 6.45) is -0.412. The molecule has 0 saturated heterocycles. The summed E-state index contributed by atoms with van der Waals surface area (Å²) in [4.78, 5) is 0. The molecule has 0 amide bonds. The average molecular weight is 239 g/mol. The Kier molecular flexibility index (Phi) is 2.14. The van der Waals surface area contributed by atoms with Gasteiger partial charge in [-0.3, -0.25) is 0 Å². The lowest BCUT2D eigenvalue weighted by molar-refractivity contribution is 0.169. The molecule has 0 fully saturated rings. The molecule has 1 N–H and O–H groups in total. The quantitative estimate of drug-likeness (QED) is 0.747. The van der Waals surface area contributed by atoms with Gasteiger partial charge in [-0.15, -0.1) is 11.3 Å². The predicted octanol–water partition coefficient (Wildman–Crippen LogP) is 1.61. The van der Waals surface area contributed by atoms with Crippen LogP contribution in [0.1, 0.15) is 18.1 Å². The van der Waals surface area contributed by atoms with Gasteiger partial charge in [0.1, 0.15) is 4.21 Å². The monoisotopic (exact) mass is 238 g/mol. The fraction of sp³-hybridized carbons (Fsp3) is 0.429. The van der Waals surface area contributed by atoms with Crippen LogP contribution in [0.15, 0.2) is 10.3 Å². The van der Waals surface area contributed by atoms with Crippen molar-refractivity contribution in [3.8, 4) is 0 Å². The minimum absolute atomic E-state index is 0.0119. The predicted molar refractivity (Wildman–Crippen MR) is 51.0 cm³/mol. The first-order valence-corrected chi connectivity index (χ1v) is 6.55. The molecule has 2 rings (SSSR count). The molecule has 0 aromatic carbocycles. The van der Waals surface area contributed by atoms with E-state index in [1.165, 1.54) is 6.07 Å². The fourth-order valence-corrected chi connectivity index (χ4v) is 4.81. The van der Waals surface area contributed by atoms with Gasteiger partial charge < -0.3 is 5.11 Å². The van der Waals surface area contributed by atoms with Crippen LogP contribution < -0.4 is 0 Å². The summed E-state index contributed by atoms with van der Waals surface area (Å²) in [5, 5.41) is 9.49. The molecule has 0 aliphatic carbocycles. The van der Waals surface area contributed by atoms with Crippen LogP contribution in [0.4, 0.5) is 0 Å². The van der Waals surface area contributed by atoms with Crippen LogP contribution in [0.5, 0.6) is 0 Å². The molecule has 1 aliphatic rings. The van der Waals surface area contributed by atoms with Gasteiger partial charge in [0.05, 0.1) is 16.2 Å². The summed E-state index contributed by atoms with van der Waals surface area (Å²) in [7, 11) is -3.18. The number of aliphatic hydroxyl groups excluding tert-OH is 1. The highest BCUT2D eigenvalue weighted by atomic mass is 35.5. The Hall–Kier alpha value is -0.100. The number of hydrogen-bond donors (Lipinski definition) is 1. The number of thiophene rings is 1. The van der Waals surface area contributed by atoms with Crippen LogP contribution in [-0.4, -0.2) is 19.3 Å². The topological polar surface area (TPSA) is 54.4 Å². The number of hydrogen-bond acceptors (Lipinski definition) is 4. The number of fused-ring (bicyclic) bond motifs is 1. The van der Waals surface area contributed by atoms with E-state index in [1.807, 2.05) is 0 Å². The molecule has 1 aromatic heterocycles. The van der Waals surface area contributed by atoms with E-state index in [0.717, 1.165) is 11.3 Å². The molecular formula is C7H7ClO3S2. The normalized spacial score (nSPS) is 25.5. The van der Waals surface area contributed by atoms with Crippen LogP contribution in [-0.2, 0) is 9.84 Å². The smallest absolute Gasteiger partial charge is 0.188 e. The molecule has 0 radical (unpaired) electrons. The second kappa shape index (κ2) is 2.95. The zero-order valence-corrected chi connectivity index (χ0v) is 8.92. The third-order valence-corrected chi connectivity index (χ3v) is 5.66. The third-order valence-electron chi connectivity index (χ3n) is 2.00. The van der Waals surface area contributed by atoms with Gasteiger partial charge in [-0.25, -0.2) is 8.42 Å². The molecule has 1 aliphatic heterocycles. The number of sulfone groups is 1. The van der Waals surface area contributed by atoms with Gasteiger partial charge in [-0.2, -0.15) is 0 Å². The maximum atomic E-state index is 11.5. The average Bonchev–Trinajstić information content (AvgIpc) is 2.42. The van der Waals surface area contributed by atoms with Crippen molar-refractivity contribution in [3.05, 3.63) is 16.0 Å². The molecule has 1 atom stereocenters.